The number of nitrogens with one attached hydrogen (secondary N) is 1. The van der Waals surface area contributed by atoms with Gasteiger partial charge in [-0.15, -0.1) is 11.3 Å². The first kappa shape index (κ1) is 26.4. The Bertz CT molecular complexity index is 1080. The molecule has 0 radical (unpaired) electrons. The van der Waals surface area contributed by atoms with Crippen LogP contribution in [0.3, 0.4) is 0 Å². The fourth-order valence-corrected chi connectivity index (χ4v) is 8.24. The summed E-state index contributed by atoms with van der Waals surface area (Å²) in [6, 6.07) is 11.6. The van der Waals surface area contributed by atoms with Crippen molar-refractivity contribution in [1.82, 2.24) is 14.5 Å². The van der Waals surface area contributed by atoms with Crippen LogP contribution in [-0.4, -0.2) is 83.0 Å². The monoisotopic (exact) mass is 584 g/mol. The topological polar surface area (TPSA) is 82.2 Å². The minimum Gasteiger partial charge on any atom is -0.497 e. The smallest absolute Gasteiger partial charge is 0.252 e. The number of methoxy groups -OCH3 is 1. The number of piperidine rings is 1. The Morgan fingerprint density at radius 1 is 1.06 bits per heavy atom. The van der Waals surface area contributed by atoms with Crippen LogP contribution in [0.15, 0.2) is 44.4 Å². The van der Waals surface area contributed by atoms with E-state index in [0.29, 0.717) is 36.7 Å². The minimum atomic E-state index is -3.47. The second-order valence-electron chi connectivity index (χ2n) is 8.91. The Morgan fingerprint density at radius 2 is 1.74 bits per heavy atom. The van der Waals surface area contributed by atoms with E-state index in [9.17, 15) is 13.2 Å². The Balaban J connectivity index is 1.12. The molecule has 11 heteroatoms. The summed E-state index contributed by atoms with van der Waals surface area (Å²) in [5.41, 5.74) is 1.22. The summed E-state index contributed by atoms with van der Waals surface area (Å²) in [6.07, 6.45) is 2.03. The molecule has 1 aromatic carbocycles. The van der Waals surface area contributed by atoms with E-state index in [-0.39, 0.29) is 11.8 Å². The molecule has 0 saturated carbocycles. The summed E-state index contributed by atoms with van der Waals surface area (Å²) in [4.78, 5) is 17.4. The van der Waals surface area contributed by atoms with Gasteiger partial charge in [-0.1, -0.05) is 0 Å². The average Bonchev–Trinajstić information content (AvgIpc) is 3.34. The van der Waals surface area contributed by atoms with Gasteiger partial charge in [0.25, 0.3) is 10.0 Å². The molecule has 8 nitrogen and oxygen atoms in total. The lowest BCUT2D eigenvalue weighted by molar-refractivity contribution is -0.126. The minimum absolute atomic E-state index is 0.0465. The van der Waals surface area contributed by atoms with Crippen LogP contribution in [0.25, 0.3) is 0 Å². The molecule has 0 spiro atoms. The molecule has 192 valence electrons. The standard InChI is InChI=1S/C24H33BrN4O4S2/c1-33-21-5-3-20(4-6-21)28-17-15-27(16-18-28)12-2-11-26-24(30)19-9-13-29(14-10-19)35(31,32)23-8-7-22(25)34-23/h3-8,19H,2,9-18H2,1H3,(H,26,30). The van der Waals surface area contributed by atoms with Gasteiger partial charge in [0.2, 0.25) is 5.91 Å². The SMILES string of the molecule is COc1ccc(N2CCN(CCCNC(=O)C3CCN(S(=O)(=O)c4ccc(Br)s4)CC3)CC2)cc1. The molecule has 2 aromatic rings. The molecule has 0 aliphatic carbocycles. The van der Waals surface area contributed by atoms with Gasteiger partial charge in [-0.05, 0) is 78.1 Å². The van der Waals surface area contributed by atoms with Gasteiger partial charge in [0.15, 0.2) is 0 Å². The third-order valence-electron chi connectivity index (χ3n) is 6.73. The third-order valence-corrected chi connectivity index (χ3v) is 10.7. The Kier molecular flexibility index (Phi) is 9.09. The molecule has 1 amide bonds. The zero-order chi connectivity index (χ0) is 24.8. The van der Waals surface area contributed by atoms with E-state index in [0.717, 1.165) is 48.7 Å². The molecule has 2 saturated heterocycles. The second kappa shape index (κ2) is 12.1. The highest BCUT2D eigenvalue weighted by atomic mass is 79.9. The van der Waals surface area contributed by atoms with E-state index in [1.54, 1.807) is 19.2 Å². The average molecular weight is 586 g/mol. The number of ether oxygens (including phenoxy) is 1. The second-order valence-corrected chi connectivity index (χ2v) is 13.5. The van der Waals surface area contributed by atoms with Crippen molar-refractivity contribution in [3.8, 4) is 5.75 Å². The van der Waals surface area contributed by atoms with Gasteiger partial charge >= 0.3 is 0 Å². The molecule has 1 aromatic heterocycles. The first-order chi connectivity index (χ1) is 16.9. The molecule has 1 N–H and O–H groups in total. The first-order valence-corrected chi connectivity index (χ1v) is 15.1. The zero-order valence-electron chi connectivity index (χ0n) is 20.0. The van der Waals surface area contributed by atoms with Crippen LogP contribution in [0.1, 0.15) is 19.3 Å². The normalized spacial score (nSPS) is 18.5. The molecule has 2 aliphatic heterocycles. The van der Waals surface area contributed by atoms with Crippen molar-refractivity contribution < 1.29 is 17.9 Å². The number of piperazine rings is 1. The Labute approximate surface area is 220 Å². The largest absolute Gasteiger partial charge is 0.497 e. The van der Waals surface area contributed by atoms with Crippen molar-refractivity contribution in [1.29, 1.82) is 0 Å². The maximum absolute atomic E-state index is 12.8. The molecule has 0 bridgehead atoms. The summed E-state index contributed by atoms with van der Waals surface area (Å²) in [5.74, 6) is 0.798. The first-order valence-electron chi connectivity index (χ1n) is 12.0. The number of thiophene rings is 1. The summed E-state index contributed by atoms with van der Waals surface area (Å²) >= 11 is 4.54. The van der Waals surface area contributed by atoms with Crippen LogP contribution in [-0.2, 0) is 14.8 Å². The number of carbonyl (C=O) groups is 1. The quantitative estimate of drug-likeness (QED) is 0.456. The molecule has 4 rings (SSSR count). The summed E-state index contributed by atoms with van der Waals surface area (Å²) in [6.45, 7) is 6.37. The van der Waals surface area contributed by atoms with E-state index in [2.05, 4.69) is 43.2 Å². The summed E-state index contributed by atoms with van der Waals surface area (Å²) in [7, 11) is -1.79. The van der Waals surface area contributed by atoms with Crippen molar-refractivity contribution in [2.45, 2.75) is 23.5 Å². The number of rotatable bonds is 9. The maximum atomic E-state index is 12.8. The summed E-state index contributed by atoms with van der Waals surface area (Å²) < 4.78 is 33.4. The molecule has 2 fully saturated rings. The van der Waals surface area contributed by atoms with Gasteiger partial charge in [0.05, 0.1) is 10.9 Å². The number of amides is 1. The van der Waals surface area contributed by atoms with Gasteiger partial charge < -0.3 is 15.0 Å². The molecular weight excluding hydrogens is 552 g/mol. The fraction of sp³-hybridized carbons (Fsp3) is 0.542. The number of hydrogen-bond donors (Lipinski definition) is 1. The molecule has 3 heterocycles. The van der Waals surface area contributed by atoms with E-state index in [1.165, 1.54) is 21.3 Å². The van der Waals surface area contributed by atoms with Crippen molar-refractivity contribution >= 4 is 48.9 Å². The van der Waals surface area contributed by atoms with Gasteiger partial charge in [0, 0.05) is 57.4 Å². The Hall–Kier alpha value is -1.66. The number of hydrogen-bond acceptors (Lipinski definition) is 7. The number of nitrogens with zero attached hydrogens (tertiary/aromatic N) is 3. The Morgan fingerprint density at radius 3 is 2.34 bits per heavy atom. The number of anilines is 1. The fourth-order valence-electron chi connectivity index (χ4n) is 4.60. The van der Waals surface area contributed by atoms with E-state index in [4.69, 9.17) is 4.74 Å². The molecule has 2 aliphatic rings. The number of sulfonamides is 1. The van der Waals surface area contributed by atoms with Gasteiger partial charge in [-0.2, -0.15) is 4.31 Å². The molecule has 0 unspecified atom stereocenters. The van der Waals surface area contributed by atoms with Crippen molar-refractivity contribution in [2.24, 2.45) is 5.92 Å². The number of carbonyl (C=O) groups excluding carboxylic acids is 1. The van der Waals surface area contributed by atoms with Crippen LogP contribution in [0.2, 0.25) is 0 Å². The maximum Gasteiger partial charge on any atom is 0.252 e. The highest BCUT2D eigenvalue weighted by Gasteiger charge is 2.32. The number of benzene rings is 1. The van der Waals surface area contributed by atoms with Crippen molar-refractivity contribution in [2.75, 3.05) is 64.4 Å². The predicted octanol–water partition coefficient (Wildman–Crippen LogP) is 3.25. The van der Waals surface area contributed by atoms with Crippen LogP contribution in [0, 0.1) is 5.92 Å². The highest BCUT2D eigenvalue weighted by molar-refractivity contribution is 9.11. The van der Waals surface area contributed by atoms with Crippen molar-refractivity contribution in [3.63, 3.8) is 0 Å². The molecule has 35 heavy (non-hydrogen) atoms. The van der Waals surface area contributed by atoms with Gasteiger partial charge in [-0.25, -0.2) is 8.42 Å². The lowest BCUT2D eigenvalue weighted by Crippen LogP contribution is -2.47. The van der Waals surface area contributed by atoms with E-state index in [1.807, 2.05) is 12.1 Å². The molecule has 0 atom stereocenters. The van der Waals surface area contributed by atoms with Crippen LogP contribution < -0.4 is 15.0 Å². The highest BCUT2D eigenvalue weighted by Crippen LogP contribution is 2.30. The number of halogens is 1. The lowest BCUT2D eigenvalue weighted by Gasteiger charge is -2.36. The van der Waals surface area contributed by atoms with E-state index >= 15 is 0 Å². The third kappa shape index (κ3) is 6.76. The van der Waals surface area contributed by atoms with E-state index < -0.39 is 10.0 Å². The lowest BCUT2D eigenvalue weighted by atomic mass is 9.97. The van der Waals surface area contributed by atoms with Gasteiger partial charge in [-0.3, -0.25) is 9.69 Å². The van der Waals surface area contributed by atoms with Crippen LogP contribution in [0.4, 0.5) is 5.69 Å². The van der Waals surface area contributed by atoms with Crippen LogP contribution >= 0.6 is 27.3 Å². The summed E-state index contributed by atoms with van der Waals surface area (Å²) in [5, 5.41) is 3.07. The van der Waals surface area contributed by atoms with Crippen molar-refractivity contribution in [3.05, 3.63) is 40.2 Å². The van der Waals surface area contributed by atoms with Gasteiger partial charge in [0.1, 0.15) is 9.96 Å². The zero-order valence-corrected chi connectivity index (χ0v) is 23.2. The van der Waals surface area contributed by atoms with Crippen LogP contribution in [0.5, 0.6) is 5.75 Å². The predicted molar refractivity (Wildman–Crippen MR) is 143 cm³/mol. The molecular formula is C24H33BrN4O4S2.